The number of aromatic carboxylic acids is 1. The van der Waals surface area contributed by atoms with Crippen molar-refractivity contribution >= 4 is 98.9 Å². The number of ether oxygens (including phenoxy) is 2. The number of nitrogens with one attached hydrogen (secondary N) is 3. The van der Waals surface area contributed by atoms with Crippen LogP contribution in [-0.4, -0.2) is 123 Å². The summed E-state index contributed by atoms with van der Waals surface area (Å²) in [4.78, 5) is 116. The van der Waals surface area contributed by atoms with Crippen LogP contribution in [0.15, 0.2) is 46.0 Å². The average molecular weight is 913 g/mol. The van der Waals surface area contributed by atoms with Gasteiger partial charge in [-0.2, -0.15) is 5.10 Å². The van der Waals surface area contributed by atoms with Crippen LogP contribution in [0.4, 0.5) is 5.13 Å². The number of carboxylic acid groups (broad SMARTS) is 2. The number of fused-ring (bicyclic) bond motifs is 2. The third-order valence-corrected chi connectivity index (χ3v) is 12.6. The van der Waals surface area contributed by atoms with Gasteiger partial charge in [0.15, 0.2) is 28.0 Å². The molecule has 0 radical (unpaired) electrons. The Labute approximate surface area is 362 Å². The van der Waals surface area contributed by atoms with E-state index in [-0.39, 0.29) is 57.1 Å². The molecule has 1 aromatic carbocycles. The molecule has 4 aromatic rings. The zero-order valence-electron chi connectivity index (χ0n) is 33.1. The summed E-state index contributed by atoms with van der Waals surface area (Å²) in [7, 11) is 0. The third kappa shape index (κ3) is 9.40. The van der Waals surface area contributed by atoms with E-state index in [1.165, 1.54) is 40.8 Å². The lowest BCUT2D eigenvalue weighted by Gasteiger charge is -2.53. The number of aromatic nitrogens is 4. The topological polar surface area (TPSA) is 325 Å². The van der Waals surface area contributed by atoms with Gasteiger partial charge in [-0.15, -0.1) is 34.9 Å². The van der Waals surface area contributed by atoms with E-state index in [1.807, 2.05) is 0 Å². The Bertz CT molecular complexity index is 2580. The monoisotopic (exact) mass is 912 g/mol. The van der Waals surface area contributed by atoms with Crippen LogP contribution in [0.5, 0.6) is 11.5 Å². The first-order valence-electron chi connectivity index (χ1n) is 18.0. The van der Waals surface area contributed by atoms with E-state index in [9.17, 15) is 48.6 Å². The number of hydrogen-bond donors (Lipinski definition) is 6. The van der Waals surface area contributed by atoms with Crippen LogP contribution < -0.4 is 31.4 Å². The zero-order chi connectivity index (χ0) is 45.3. The number of carboxylic acids is 2. The predicted molar refractivity (Wildman–Crippen MR) is 218 cm³/mol. The Kier molecular flexibility index (Phi) is 12.7. The molecule has 23 nitrogen and oxygen atoms in total. The molecule has 0 aliphatic carbocycles. The Morgan fingerprint density at radius 1 is 1.05 bits per heavy atom. The van der Waals surface area contributed by atoms with Gasteiger partial charge in [0.2, 0.25) is 11.5 Å². The molecule has 62 heavy (non-hydrogen) atoms. The molecule has 6 rings (SSSR count). The number of aliphatic carboxylic acids is 1. The highest BCUT2D eigenvalue weighted by Crippen LogP contribution is 2.44. The number of anilines is 1. The van der Waals surface area contributed by atoms with Crippen molar-refractivity contribution in [2.24, 2.45) is 10.6 Å². The number of amides is 4. The lowest BCUT2D eigenvalue weighted by atomic mass is 9.89. The first-order valence-corrected chi connectivity index (χ1v) is 20.9. The van der Waals surface area contributed by atoms with Gasteiger partial charge < -0.3 is 40.5 Å². The van der Waals surface area contributed by atoms with Gasteiger partial charge in [0, 0.05) is 48.5 Å². The van der Waals surface area contributed by atoms with Gasteiger partial charge in [-0.25, -0.2) is 19.3 Å². The van der Waals surface area contributed by atoms with E-state index < -0.39 is 75.6 Å². The van der Waals surface area contributed by atoms with E-state index in [0.29, 0.717) is 10.7 Å². The molecule has 7 N–H and O–H groups in total. The molecule has 0 spiro atoms. The van der Waals surface area contributed by atoms with E-state index in [2.05, 4.69) is 36.4 Å². The Morgan fingerprint density at radius 3 is 2.40 bits per heavy atom. The van der Waals surface area contributed by atoms with Gasteiger partial charge in [0.05, 0.1) is 6.20 Å². The molecule has 2 unspecified atom stereocenters. The molecular formula is C36H36N10O13S3. The number of thioether (sulfide) groups is 2. The number of esters is 2. The summed E-state index contributed by atoms with van der Waals surface area (Å²) < 4.78 is 11.3. The standard InChI is InChI=1S/C36H36N10O13S3/c1-15-8-23(46-26(39-15)19(10-38-46)31(52)53)61-13-36(33(55)56)12-45-29(51)25(30(45)62-14-36)41-28(50)24(20-11-60-34(37)40-20)44-59-35(4,5)32(54)43-42-27(49)18-6-7-21(57-16(2)47)22(9-18)58-17(3)48/h6-11,25,30H,12-14H2,1-5H3,(H2,37,40)(H,41,50)(H,42,49)(H,43,54)(H,52,53)(H,55,56)/t25?,30-,36?/m1/s1. The van der Waals surface area contributed by atoms with Gasteiger partial charge in [-0.1, -0.05) is 5.16 Å². The molecule has 2 saturated heterocycles. The van der Waals surface area contributed by atoms with Crippen molar-refractivity contribution in [2.75, 3.05) is 23.8 Å². The summed E-state index contributed by atoms with van der Waals surface area (Å²) in [5.41, 5.74) is 6.74. The molecule has 3 atom stereocenters. The van der Waals surface area contributed by atoms with E-state index >= 15 is 0 Å². The van der Waals surface area contributed by atoms with Crippen molar-refractivity contribution in [3.05, 3.63) is 58.4 Å². The highest BCUT2D eigenvalue weighted by atomic mass is 32.2. The zero-order valence-corrected chi connectivity index (χ0v) is 35.6. The highest BCUT2D eigenvalue weighted by molar-refractivity contribution is 8.00. The highest BCUT2D eigenvalue weighted by Gasteiger charge is 2.57. The number of nitrogens with two attached hydrogens (primary N) is 1. The molecule has 326 valence electrons. The first kappa shape index (κ1) is 44.7. The van der Waals surface area contributed by atoms with Crippen LogP contribution in [-0.2, 0) is 33.6 Å². The number of β-lactam (4-membered cyclic amide) rings is 1. The number of oxime groups is 1. The van der Waals surface area contributed by atoms with Crippen LogP contribution in [0, 0.1) is 12.3 Å². The van der Waals surface area contributed by atoms with Gasteiger partial charge in [-0.05, 0) is 45.0 Å². The van der Waals surface area contributed by atoms with Crippen molar-refractivity contribution in [1.29, 1.82) is 0 Å². The number of hydrazine groups is 1. The Morgan fingerprint density at radius 2 is 1.76 bits per heavy atom. The number of rotatable bonds is 14. The second-order valence-electron chi connectivity index (χ2n) is 14.2. The van der Waals surface area contributed by atoms with Crippen molar-refractivity contribution in [2.45, 2.75) is 56.7 Å². The van der Waals surface area contributed by atoms with Crippen molar-refractivity contribution in [3.8, 4) is 11.5 Å². The molecular weight excluding hydrogens is 877 g/mol. The van der Waals surface area contributed by atoms with E-state index in [4.69, 9.17) is 20.0 Å². The second kappa shape index (κ2) is 17.7. The number of nitrogens with zero attached hydrogens (tertiary/aromatic N) is 6. The molecule has 4 amide bonds. The molecule has 0 bridgehead atoms. The lowest BCUT2D eigenvalue weighted by Crippen LogP contribution is -2.74. The lowest BCUT2D eigenvalue weighted by molar-refractivity contribution is -0.157. The number of aryl methyl sites for hydroxylation is 1. The number of nitrogen functional groups attached to an aromatic ring is 1. The first-order chi connectivity index (χ1) is 29.2. The minimum Gasteiger partial charge on any atom is -0.481 e. The fourth-order valence-electron chi connectivity index (χ4n) is 5.89. The molecule has 26 heteroatoms. The fourth-order valence-corrected chi connectivity index (χ4v) is 9.36. The van der Waals surface area contributed by atoms with Crippen molar-refractivity contribution in [3.63, 3.8) is 0 Å². The van der Waals surface area contributed by atoms with Crippen LogP contribution in [0.25, 0.3) is 5.65 Å². The summed E-state index contributed by atoms with van der Waals surface area (Å²) in [5, 5.41) is 31.8. The second-order valence-corrected chi connectivity index (χ2v) is 17.2. The van der Waals surface area contributed by atoms with E-state index in [1.54, 1.807) is 13.0 Å². The molecule has 0 saturated carbocycles. The number of thiazole rings is 1. The molecule has 2 aliphatic heterocycles. The Balaban J connectivity index is 1.10. The van der Waals surface area contributed by atoms with Crippen LogP contribution in [0.3, 0.4) is 0 Å². The summed E-state index contributed by atoms with van der Waals surface area (Å²) in [6.45, 7) is 6.26. The average Bonchev–Trinajstić information content (AvgIpc) is 3.84. The largest absolute Gasteiger partial charge is 0.481 e. The van der Waals surface area contributed by atoms with Crippen molar-refractivity contribution in [1.82, 2.24) is 40.7 Å². The molecule has 5 heterocycles. The summed E-state index contributed by atoms with van der Waals surface area (Å²) in [5.74, 6) is -7.47. The van der Waals surface area contributed by atoms with Gasteiger partial charge in [0.25, 0.3) is 17.7 Å². The number of carbonyl (C=O) groups is 8. The predicted octanol–water partition coefficient (Wildman–Crippen LogP) is 0.849. The summed E-state index contributed by atoms with van der Waals surface area (Å²) in [6, 6.07) is 4.11. The van der Waals surface area contributed by atoms with Gasteiger partial charge >= 0.3 is 23.9 Å². The van der Waals surface area contributed by atoms with Crippen LogP contribution in [0.1, 0.15) is 59.8 Å². The Hall–Kier alpha value is -6.80. The van der Waals surface area contributed by atoms with Crippen molar-refractivity contribution < 1.29 is 62.9 Å². The van der Waals surface area contributed by atoms with E-state index in [0.717, 1.165) is 61.0 Å². The summed E-state index contributed by atoms with van der Waals surface area (Å²) >= 11 is 3.25. The molecule has 2 aliphatic rings. The van der Waals surface area contributed by atoms with Gasteiger partial charge in [-0.3, -0.25) is 44.4 Å². The number of hydrogen-bond acceptors (Lipinski definition) is 19. The van der Waals surface area contributed by atoms with Gasteiger partial charge in [0.1, 0.15) is 33.1 Å². The number of carbonyl (C=O) groups excluding carboxylic acids is 6. The fraction of sp³-hybridized carbons (Fsp3) is 0.333. The quantitative estimate of drug-likeness (QED) is 0.0194. The molecule has 2 fully saturated rings. The third-order valence-electron chi connectivity index (χ3n) is 9.07. The molecule has 3 aromatic heterocycles. The maximum atomic E-state index is 13.7. The maximum absolute atomic E-state index is 13.7. The van der Waals surface area contributed by atoms with Crippen LogP contribution in [0.2, 0.25) is 0 Å². The van der Waals surface area contributed by atoms with Crippen LogP contribution >= 0.6 is 34.9 Å². The summed E-state index contributed by atoms with van der Waals surface area (Å²) in [6.07, 6.45) is 1.16. The smallest absolute Gasteiger partial charge is 0.341 e. The minimum absolute atomic E-state index is 0.0160. The maximum Gasteiger partial charge on any atom is 0.341 e. The normalized spacial score (nSPS) is 18.5. The minimum atomic E-state index is -1.86. The SMILES string of the molecule is CC(=O)Oc1ccc(C(=O)NNC(=O)C(C)(C)ON=C(C(=O)NC2C(=O)N3CC(CSc4cc(C)nc5c(C(=O)O)cnn45)(C(=O)O)CS[C@H]23)c2csc(N)n2)cc1OC(C)=O. The number of benzene rings is 1.